The SMILES string of the molecule is O=C(CNC1CCCC1)N1CCC(N2CCNC2=O)CC1. The lowest BCUT2D eigenvalue weighted by Crippen LogP contribution is -2.49. The normalized spacial score (nSPS) is 24.7. The second kappa shape index (κ2) is 6.64. The molecule has 0 aromatic heterocycles. The highest BCUT2D eigenvalue weighted by molar-refractivity contribution is 5.78. The van der Waals surface area contributed by atoms with Gasteiger partial charge in [-0.15, -0.1) is 0 Å². The van der Waals surface area contributed by atoms with Crippen molar-refractivity contribution >= 4 is 11.9 Å². The summed E-state index contributed by atoms with van der Waals surface area (Å²) in [5.41, 5.74) is 0. The summed E-state index contributed by atoms with van der Waals surface area (Å²) in [6, 6.07) is 0.904. The van der Waals surface area contributed by atoms with Crippen molar-refractivity contribution in [1.82, 2.24) is 20.4 Å². The van der Waals surface area contributed by atoms with Gasteiger partial charge in [-0.2, -0.15) is 0 Å². The molecule has 6 heteroatoms. The molecule has 3 rings (SSSR count). The van der Waals surface area contributed by atoms with Crippen molar-refractivity contribution in [3.63, 3.8) is 0 Å². The number of hydrogen-bond donors (Lipinski definition) is 2. The number of rotatable bonds is 4. The number of urea groups is 1. The standard InChI is InChI=1S/C15H26N4O2/c20-14(11-17-12-3-1-2-4-12)18-8-5-13(6-9-18)19-10-7-16-15(19)21/h12-13,17H,1-11H2,(H,16,21). The molecule has 0 bridgehead atoms. The molecule has 6 nitrogen and oxygen atoms in total. The smallest absolute Gasteiger partial charge is 0.317 e. The summed E-state index contributed by atoms with van der Waals surface area (Å²) in [6.45, 7) is 3.59. The Kier molecular flexibility index (Phi) is 4.63. The number of amides is 3. The van der Waals surface area contributed by atoms with Crippen molar-refractivity contribution in [3.8, 4) is 0 Å². The molecule has 0 aromatic rings. The van der Waals surface area contributed by atoms with E-state index in [4.69, 9.17) is 0 Å². The molecule has 21 heavy (non-hydrogen) atoms. The molecule has 1 saturated carbocycles. The Morgan fingerprint density at radius 3 is 2.48 bits per heavy atom. The Bertz CT molecular complexity index is 387. The summed E-state index contributed by atoms with van der Waals surface area (Å²) in [6.07, 6.45) is 6.80. The summed E-state index contributed by atoms with van der Waals surface area (Å²) in [5.74, 6) is 0.214. The van der Waals surface area contributed by atoms with Gasteiger partial charge in [-0.3, -0.25) is 4.79 Å². The van der Waals surface area contributed by atoms with Crippen LogP contribution in [-0.4, -0.2) is 66.5 Å². The lowest BCUT2D eigenvalue weighted by molar-refractivity contribution is -0.131. The number of hydrogen-bond acceptors (Lipinski definition) is 3. The van der Waals surface area contributed by atoms with Gasteiger partial charge in [0.25, 0.3) is 0 Å². The predicted molar refractivity (Wildman–Crippen MR) is 80.0 cm³/mol. The van der Waals surface area contributed by atoms with E-state index in [9.17, 15) is 9.59 Å². The third kappa shape index (κ3) is 3.48. The minimum absolute atomic E-state index is 0.0580. The van der Waals surface area contributed by atoms with Gasteiger partial charge in [0.1, 0.15) is 0 Å². The zero-order chi connectivity index (χ0) is 14.7. The molecule has 2 aliphatic heterocycles. The number of carbonyl (C=O) groups is 2. The third-order valence-electron chi connectivity index (χ3n) is 5.04. The maximum Gasteiger partial charge on any atom is 0.317 e. The molecule has 0 radical (unpaired) electrons. The molecule has 0 spiro atoms. The molecule has 1 aliphatic carbocycles. The van der Waals surface area contributed by atoms with Crippen molar-refractivity contribution < 1.29 is 9.59 Å². The Hall–Kier alpha value is -1.30. The Morgan fingerprint density at radius 1 is 1.14 bits per heavy atom. The molecular formula is C15H26N4O2. The van der Waals surface area contributed by atoms with Crippen molar-refractivity contribution in [3.05, 3.63) is 0 Å². The average Bonchev–Trinajstić information content (AvgIpc) is 3.16. The molecule has 3 amide bonds. The van der Waals surface area contributed by atoms with E-state index in [1.807, 2.05) is 9.80 Å². The molecule has 0 aromatic carbocycles. The minimum atomic E-state index is 0.0580. The molecule has 0 atom stereocenters. The largest absolute Gasteiger partial charge is 0.341 e. The van der Waals surface area contributed by atoms with E-state index in [0.29, 0.717) is 18.6 Å². The highest BCUT2D eigenvalue weighted by Crippen LogP contribution is 2.19. The first-order valence-electron chi connectivity index (χ1n) is 8.29. The monoisotopic (exact) mass is 294 g/mol. The number of likely N-dealkylation sites (tertiary alicyclic amines) is 1. The first-order valence-corrected chi connectivity index (χ1v) is 8.29. The molecule has 118 valence electrons. The van der Waals surface area contributed by atoms with Crippen molar-refractivity contribution in [1.29, 1.82) is 0 Å². The zero-order valence-corrected chi connectivity index (χ0v) is 12.6. The average molecular weight is 294 g/mol. The van der Waals surface area contributed by atoms with E-state index < -0.39 is 0 Å². The first kappa shape index (κ1) is 14.6. The Labute approximate surface area is 126 Å². The summed E-state index contributed by atoms with van der Waals surface area (Å²) in [4.78, 5) is 27.8. The van der Waals surface area contributed by atoms with E-state index in [2.05, 4.69) is 10.6 Å². The van der Waals surface area contributed by atoms with Crippen LogP contribution in [0.25, 0.3) is 0 Å². The minimum Gasteiger partial charge on any atom is -0.341 e. The van der Waals surface area contributed by atoms with Crippen molar-refractivity contribution in [2.24, 2.45) is 0 Å². The van der Waals surface area contributed by atoms with Crippen LogP contribution in [0.4, 0.5) is 4.79 Å². The van der Waals surface area contributed by atoms with Crippen LogP contribution < -0.4 is 10.6 Å². The molecular weight excluding hydrogens is 268 g/mol. The van der Waals surface area contributed by atoms with Crippen molar-refractivity contribution in [2.75, 3.05) is 32.7 Å². The van der Waals surface area contributed by atoms with Gasteiger partial charge in [0, 0.05) is 38.3 Å². The Morgan fingerprint density at radius 2 is 1.86 bits per heavy atom. The van der Waals surface area contributed by atoms with Gasteiger partial charge in [-0.25, -0.2) is 4.79 Å². The second-order valence-electron chi connectivity index (χ2n) is 6.40. The van der Waals surface area contributed by atoms with E-state index in [-0.39, 0.29) is 11.9 Å². The quantitative estimate of drug-likeness (QED) is 0.795. The fourth-order valence-corrected chi connectivity index (χ4v) is 3.74. The van der Waals surface area contributed by atoms with E-state index in [1.165, 1.54) is 25.7 Å². The molecule has 2 saturated heterocycles. The highest BCUT2D eigenvalue weighted by atomic mass is 16.2. The lowest BCUT2D eigenvalue weighted by atomic mass is 10.0. The molecule has 3 aliphatic rings. The third-order valence-corrected chi connectivity index (χ3v) is 5.04. The van der Waals surface area contributed by atoms with Crippen LogP contribution in [0.3, 0.4) is 0 Å². The number of nitrogens with zero attached hydrogens (tertiary/aromatic N) is 2. The van der Waals surface area contributed by atoms with Gasteiger partial charge < -0.3 is 20.4 Å². The van der Waals surface area contributed by atoms with Crippen LogP contribution in [0.1, 0.15) is 38.5 Å². The first-order chi connectivity index (χ1) is 10.2. The van der Waals surface area contributed by atoms with Gasteiger partial charge in [0.2, 0.25) is 5.91 Å². The maximum absolute atomic E-state index is 12.2. The summed E-state index contributed by atoms with van der Waals surface area (Å²) in [7, 11) is 0. The lowest BCUT2D eigenvalue weighted by Gasteiger charge is -2.36. The number of piperidine rings is 1. The van der Waals surface area contributed by atoms with E-state index in [1.54, 1.807) is 0 Å². The van der Waals surface area contributed by atoms with Gasteiger partial charge in [-0.1, -0.05) is 12.8 Å². The molecule has 2 N–H and O–H groups in total. The molecule has 2 heterocycles. The number of nitrogens with one attached hydrogen (secondary N) is 2. The van der Waals surface area contributed by atoms with Crippen LogP contribution in [0, 0.1) is 0 Å². The summed E-state index contributed by atoms with van der Waals surface area (Å²) < 4.78 is 0. The van der Waals surface area contributed by atoms with Gasteiger partial charge in [0.15, 0.2) is 0 Å². The van der Waals surface area contributed by atoms with Gasteiger partial charge in [-0.05, 0) is 25.7 Å². The highest BCUT2D eigenvalue weighted by Gasteiger charge is 2.31. The summed E-state index contributed by atoms with van der Waals surface area (Å²) >= 11 is 0. The van der Waals surface area contributed by atoms with Gasteiger partial charge in [0.05, 0.1) is 6.54 Å². The van der Waals surface area contributed by atoms with Crippen LogP contribution in [0.5, 0.6) is 0 Å². The fourth-order valence-electron chi connectivity index (χ4n) is 3.74. The Balaban J connectivity index is 1.40. The van der Waals surface area contributed by atoms with Crippen LogP contribution in [0.15, 0.2) is 0 Å². The number of carbonyl (C=O) groups excluding carboxylic acids is 2. The topological polar surface area (TPSA) is 64.7 Å². The summed E-state index contributed by atoms with van der Waals surface area (Å²) in [5, 5.41) is 6.24. The van der Waals surface area contributed by atoms with Crippen LogP contribution >= 0.6 is 0 Å². The van der Waals surface area contributed by atoms with E-state index in [0.717, 1.165) is 39.0 Å². The van der Waals surface area contributed by atoms with Gasteiger partial charge >= 0.3 is 6.03 Å². The van der Waals surface area contributed by atoms with E-state index >= 15 is 0 Å². The van der Waals surface area contributed by atoms with Crippen LogP contribution in [-0.2, 0) is 4.79 Å². The van der Waals surface area contributed by atoms with Crippen molar-refractivity contribution in [2.45, 2.75) is 50.6 Å². The predicted octanol–water partition coefficient (Wildman–Crippen LogP) is 0.535. The maximum atomic E-state index is 12.2. The second-order valence-corrected chi connectivity index (χ2v) is 6.40. The van der Waals surface area contributed by atoms with Crippen LogP contribution in [0.2, 0.25) is 0 Å². The fraction of sp³-hybridized carbons (Fsp3) is 0.867. The molecule has 3 fully saturated rings. The molecule has 0 unspecified atom stereocenters. The zero-order valence-electron chi connectivity index (χ0n) is 12.6.